The average molecular weight is 432 g/mol. The number of amides is 1. The van der Waals surface area contributed by atoms with Crippen molar-refractivity contribution in [2.45, 2.75) is 17.7 Å². The molecule has 0 fully saturated rings. The molecular formula is C20H21N3O4S2. The van der Waals surface area contributed by atoms with Gasteiger partial charge in [-0.1, -0.05) is 30.3 Å². The Morgan fingerprint density at radius 2 is 1.83 bits per heavy atom. The number of aromatic nitrogens is 1. The fraction of sp³-hybridized carbons (Fsp3) is 0.200. The molecule has 2 aromatic carbocycles. The molecule has 7 nitrogen and oxygen atoms in total. The van der Waals surface area contributed by atoms with Crippen molar-refractivity contribution < 1.29 is 17.9 Å². The van der Waals surface area contributed by atoms with Gasteiger partial charge in [0.2, 0.25) is 0 Å². The van der Waals surface area contributed by atoms with E-state index in [1.807, 2.05) is 30.3 Å². The molecular weight excluding hydrogens is 410 g/mol. The van der Waals surface area contributed by atoms with Gasteiger partial charge >= 0.3 is 0 Å². The summed E-state index contributed by atoms with van der Waals surface area (Å²) in [5.74, 6) is 0.230. The highest BCUT2D eigenvalue weighted by molar-refractivity contribution is 7.93. The molecule has 0 aliphatic heterocycles. The van der Waals surface area contributed by atoms with Gasteiger partial charge < -0.3 is 10.1 Å². The number of ether oxygens (including phenoxy) is 1. The number of carbonyl (C=O) groups is 1. The number of rotatable bonds is 9. The number of hydrogen-bond acceptors (Lipinski definition) is 6. The molecule has 1 aromatic heterocycles. The van der Waals surface area contributed by atoms with Crippen LogP contribution in [0.1, 0.15) is 22.5 Å². The third-order valence-electron chi connectivity index (χ3n) is 4.10. The molecule has 3 rings (SSSR count). The maximum Gasteiger partial charge on any atom is 0.270 e. The summed E-state index contributed by atoms with van der Waals surface area (Å²) in [6.45, 7) is 0.512. The molecule has 0 saturated carbocycles. The Kier molecular flexibility index (Phi) is 6.84. The molecule has 1 amide bonds. The lowest BCUT2D eigenvalue weighted by molar-refractivity contribution is 0.0949. The third-order valence-corrected chi connectivity index (χ3v) is 6.34. The molecule has 0 spiro atoms. The van der Waals surface area contributed by atoms with Gasteiger partial charge in [0.25, 0.3) is 15.9 Å². The molecule has 2 N–H and O–H groups in total. The van der Waals surface area contributed by atoms with Gasteiger partial charge in [0.15, 0.2) is 5.13 Å². The Morgan fingerprint density at radius 1 is 1.10 bits per heavy atom. The van der Waals surface area contributed by atoms with Crippen LogP contribution in [0.25, 0.3) is 0 Å². The number of carbonyl (C=O) groups excluding carboxylic acids is 1. The van der Waals surface area contributed by atoms with Crippen molar-refractivity contribution in [3.05, 3.63) is 71.2 Å². The molecule has 0 radical (unpaired) electrons. The lowest BCUT2D eigenvalue weighted by Gasteiger charge is -2.06. The van der Waals surface area contributed by atoms with Gasteiger partial charge in [0.1, 0.15) is 11.4 Å². The molecule has 29 heavy (non-hydrogen) atoms. The van der Waals surface area contributed by atoms with Crippen LogP contribution in [0.2, 0.25) is 0 Å². The largest absolute Gasteiger partial charge is 0.497 e. The van der Waals surface area contributed by atoms with E-state index in [-0.39, 0.29) is 21.6 Å². The fourth-order valence-corrected chi connectivity index (χ4v) is 4.53. The van der Waals surface area contributed by atoms with Crippen LogP contribution in [0.4, 0.5) is 5.13 Å². The minimum atomic E-state index is -3.79. The van der Waals surface area contributed by atoms with Crippen LogP contribution in [-0.2, 0) is 16.4 Å². The minimum absolute atomic E-state index is 0.0837. The number of nitrogens with one attached hydrogen (secondary N) is 2. The summed E-state index contributed by atoms with van der Waals surface area (Å²) in [6, 6.07) is 16.0. The van der Waals surface area contributed by atoms with E-state index >= 15 is 0 Å². The van der Waals surface area contributed by atoms with Gasteiger partial charge in [-0.05, 0) is 42.7 Å². The SMILES string of the molecule is COc1ccc(S(=O)(=O)Nc2nc(C(=O)NCCCc3ccccc3)cs2)cc1. The second-order valence-corrected chi connectivity index (χ2v) is 8.70. The first-order valence-corrected chi connectivity index (χ1v) is 11.3. The Morgan fingerprint density at radius 3 is 2.52 bits per heavy atom. The Labute approximate surface area is 173 Å². The van der Waals surface area contributed by atoms with Gasteiger partial charge in [-0.15, -0.1) is 11.3 Å². The normalized spacial score (nSPS) is 11.1. The summed E-state index contributed by atoms with van der Waals surface area (Å²) < 4.78 is 32.3. The second-order valence-electron chi connectivity index (χ2n) is 6.16. The Hall–Kier alpha value is -2.91. The summed E-state index contributed by atoms with van der Waals surface area (Å²) in [7, 11) is -2.29. The second kappa shape index (κ2) is 9.53. The minimum Gasteiger partial charge on any atom is -0.497 e. The maximum atomic E-state index is 12.4. The highest BCUT2D eigenvalue weighted by Crippen LogP contribution is 2.21. The van der Waals surface area contributed by atoms with Gasteiger partial charge in [0, 0.05) is 11.9 Å². The van der Waals surface area contributed by atoms with Crippen LogP contribution in [0.15, 0.2) is 64.9 Å². The quantitative estimate of drug-likeness (QED) is 0.507. The number of nitrogens with zero attached hydrogens (tertiary/aromatic N) is 1. The molecule has 152 valence electrons. The van der Waals surface area contributed by atoms with Crippen LogP contribution >= 0.6 is 11.3 Å². The van der Waals surface area contributed by atoms with E-state index in [1.54, 1.807) is 12.1 Å². The topological polar surface area (TPSA) is 97.4 Å². The summed E-state index contributed by atoms with van der Waals surface area (Å²) in [4.78, 5) is 16.4. The number of hydrogen-bond donors (Lipinski definition) is 2. The first kappa shape index (κ1) is 20.8. The van der Waals surface area contributed by atoms with Gasteiger partial charge in [-0.2, -0.15) is 0 Å². The van der Waals surface area contributed by atoms with Crippen molar-refractivity contribution in [2.75, 3.05) is 18.4 Å². The summed E-state index contributed by atoms with van der Waals surface area (Å²) in [6.07, 6.45) is 1.67. The van der Waals surface area contributed by atoms with Crippen molar-refractivity contribution in [3.8, 4) is 5.75 Å². The van der Waals surface area contributed by atoms with E-state index in [4.69, 9.17) is 4.74 Å². The van der Waals surface area contributed by atoms with Crippen molar-refractivity contribution >= 4 is 32.4 Å². The smallest absolute Gasteiger partial charge is 0.270 e. The highest BCUT2D eigenvalue weighted by Gasteiger charge is 2.18. The number of sulfonamides is 1. The van der Waals surface area contributed by atoms with Gasteiger partial charge in [0.05, 0.1) is 12.0 Å². The summed E-state index contributed by atoms with van der Waals surface area (Å²) in [5.41, 5.74) is 1.40. The summed E-state index contributed by atoms with van der Waals surface area (Å²) in [5, 5.41) is 4.46. The lowest BCUT2D eigenvalue weighted by Crippen LogP contribution is -2.25. The number of benzene rings is 2. The van der Waals surface area contributed by atoms with Crippen LogP contribution in [0.3, 0.4) is 0 Å². The monoisotopic (exact) mass is 431 g/mol. The average Bonchev–Trinajstić information content (AvgIpc) is 3.20. The number of anilines is 1. The molecule has 0 aliphatic carbocycles. The zero-order chi connectivity index (χ0) is 20.7. The predicted octanol–water partition coefficient (Wildman–Crippen LogP) is 3.32. The van der Waals surface area contributed by atoms with Crippen LogP contribution in [-0.4, -0.2) is 33.0 Å². The summed E-state index contributed by atoms with van der Waals surface area (Å²) >= 11 is 1.06. The van der Waals surface area contributed by atoms with Crippen molar-refractivity contribution in [3.63, 3.8) is 0 Å². The van der Waals surface area contributed by atoms with Crippen LogP contribution < -0.4 is 14.8 Å². The van der Waals surface area contributed by atoms with Crippen LogP contribution in [0, 0.1) is 0 Å². The van der Waals surface area contributed by atoms with E-state index < -0.39 is 10.0 Å². The van der Waals surface area contributed by atoms with Crippen molar-refractivity contribution in [2.24, 2.45) is 0 Å². The standard InChI is InChI=1S/C20H21N3O4S2/c1-27-16-9-11-17(12-10-16)29(25,26)23-20-22-18(14-28-20)19(24)21-13-5-8-15-6-3-2-4-7-15/h2-4,6-7,9-12,14H,5,8,13H2,1H3,(H,21,24)(H,22,23). The molecule has 0 bridgehead atoms. The van der Waals surface area contributed by atoms with Crippen molar-refractivity contribution in [1.82, 2.24) is 10.3 Å². The van der Waals surface area contributed by atoms with E-state index in [2.05, 4.69) is 15.0 Å². The first-order chi connectivity index (χ1) is 14.0. The van der Waals surface area contributed by atoms with Gasteiger partial charge in [-0.3, -0.25) is 9.52 Å². The Bertz CT molecular complexity index is 1050. The predicted molar refractivity (Wildman–Crippen MR) is 113 cm³/mol. The molecule has 3 aromatic rings. The highest BCUT2D eigenvalue weighted by atomic mass is 32.2. The molecule has 0 atom stereocenters. The zero-order valence-electron chi connectivity index (χ0n) is 15.8. The maximum absolute atomic E-state index is 12.4. The lowest BCUT2D eigenvalue weighted by atomic mass is 10.1. The first-order valence-electron chi connectivity index (χ1n) is 8.92. The zero-order valence-corrected chi connectivity index (χ0v) is 17.4. The van der Waals surface area contributed by atoms with E-state index in [1.165, 1.54) is 30.2 Å². The molecule has 0 aliphatic rings. The molecule has 9 heteroatoms. The van der Waals surface area contributed by atoms with E-state index in [0.29, 0.717) is 12.3 Å². The molecule has 0 saturated heterocycles. The third kappa shape index (κ3) is 5.78. The number of thiazole rings is 1. The Balaban J connectivity index is 1.53. The van der Waals surface area contributed by atoms with Crippen molar-refractivity contribution in [1.29, 1.82) is 0 Å². The fourth-order valence-electron chi connectivity index (χ4n) is 2.58. The molecule has 1 heterocycles. The van der Waals surface area contributed by atoms with E-state index in [9.17, 15) is 13.2 Å². The number of methoxy groups -OCH3 is 1. The molecule has 0 unspecified atom stereocenters. The van der Waals surface area contributed by atoms with Gasteiger partial charge in [-0.25, -0.2) is 13.4 Å². The number of aryl methyl sites for hydroxylation is 1. The van der Waals surface area contributed by atoms with E-state index in [0.717, 1.165) is 24.2 Å². The van der Waals surface area contributed by atoms with Crippen LogP contribution in [0.5, 0.6) is 5.75 Å².